The largest absolute Gasteiger partial charge is 0.481 e. The lowest BCUT2D eigenvalue weighted by molar-refractivity contribution is -0.121. The fraction of sp³-hybridized carbons (Fsp3) is 0.400. The van der Waals surface area contributed by atoms with Crippen LogP contribution in [0.4, 0.5) is 5.82 Å². The van der Waals surface area contributed by atoms with Crippen molar-refractivity contribution in [2.75, 3.05) is 31.6 Å². The average Bonchev–Trinajstić information content (AvgIpc) is 2.29. The quantitative estimate of drug-likeness (QED) is 0.690. The summed E-state index contributed by atoms with van der Waals surface area (Å²) < 4.78 is 5.02. The smallest absolute Gasteiger partial charge is 0.243 e. The molecule has 16 heavy (non-hydrogen) atoms. The van der Waals surface area contributed by atoms with Gasteiger partial charge in [0.25, 0.3) is 0 Å². The molecule has 0 aliphatic carbocycles. The number of pyridine rings is 1. The van der Waals surface area contributed by atoms with Crippen LogP contribution in [-0.4, -0.2) is 42.6 Å². The maximum atomic E-state index is 11.7. The number of rotatable bonds is 2. The minimum atomic E-state index is -0.0468. The summed E-state index contributed by atoms with van der Waals surface area (Å²) in [6.45, 7) is 1.42. The number of hydrazine groups is 1. The van der Waals surface area contributed by atoms with Crippen LogP contribution in [0.3, 0.4) is 0 Å². The summed E-state index contributed by atoms with van der Waals surface area (Å²) in [5.41, 5.74) is 0. The van der Waals surface area contributed by atoms with E-state index < -0.39 is 0 Å². The van der Waals surface area contributed by atoms with Gasteiger partial charge in [-0.05, 0) is 6.07 Å². The normalized spacial score (nSPS) is 17.6. The molecule has 1 aromatic heterocycles. The van der Waals surface area contributed by atoms with Gasteiger partial charge in [-0.1, -0.05) is 6.07 Å². The molecule has 1 aromatic rings. The van der Waals surface area contributed by atoms with E-state index in [1.807, 2.05) is 6.07 Å². The topological polar surface area (TPSA) is 71.7 Å². The molecule has 6 nitrogen and oxygen atoms in total. The van der Waals surface area contributed by atoms with Crippen molar-refractivity contribution in [2.24, 2.45) is 5.84 Å². The Hall–Kier alpha value is -1.66. The molecule has 0 bridgehead atoms. The van der Waals surface area contributed by atoms with Crippen molar-refractivity contribution < 1.29 is 9.53 Å². The van der Waals surface area contributed by atoms with Gasteiger partial charge in [0.15, 0.2) is 0 Å². The zero-order chi connectivity index (χ0) is 11.5. The standard InChI is InChI=1S/C10H14N4O2/c1-16-9-4-2-3-8(12-9)14-6-5-13(11)7-10(14)15/h2-4H,5-7,11H2,1H3. The maximum absolute atomic E-state index is 11.7. The number of ether oxygens (including phenoxy) is 1. The van der Waals surface area contributed by atoms with Gasteiger partial charge in [-0.3, -0.25) is 15.5 Å². The van der Waals surface area contributed by atoms with Gasteiger partial charge in [0.1, 0.15) is 5.82 Å². The number of carbonyl (C=O) groups is 1. The Morgan fingerprint density at radius 2 is 2.25 bits per heavy atom. The van der Waals surface area contributed by atoms with Crippen molar-refractivity contribution in [3.8, 4) is 5.88 Å². The molecule has 2 rings (SSSR count). The van der Waals surface area contributed by atoms with E-state index in [1.165, 1.54) is 5.01 Å². The fourth-order valence-corrected chi connectivity index (χ4v) is 1.60. The molecule has 86 valence electrons. The zero-order valence-corrected chi connectivity index (χ0v) is 9.09. The molecule has 2 heterocycles. The first-order valence-corrected chi connectivity index (χ1v) is 5.02. The number of nitrogens with zero attached hydrogens (tertiary/aromatic N) is 3. The Labute approximate surface area is 93.6 Å². The molecule has 1 aliphatic rings. The van der Waals surface area contributed by atoms with Crippen LogP contribution >= 0.6 is 0 Å². The SMILES string of the molecule is COc1cccc(N2CCN(N)CC2=O)n1. The number of piperazine rings is 1. The second-order valence-electron chi connectivity index (χ2n) is 3.55. The first kappa shape index (κ1) is 10.8. The highest BCUT2D eigenvalue weighted by molar-refractivity contribution is 5.94. The Bertz CT molecular complexity index is 396. The zero-order valence-electron chi connectivity index (χ0n) is 9.09. The summed E-state index contributed by atoms with van der Waals surface area (Å²) in [5.74, 6) is 6.62. The van der Waals surface area contributed by atoms with Crippen molar-refractivity contribution in [1.82, 2.24) is 9.99 Å². The van der Waals surface area contributed by atoms with Gasteiger partial charge >= 0.3 is 0 Å². The van der Waals surface area contributed by atoms with Crippen molar-refractivity contribution in [2.45, 2.75) is 0 Å². The van der Waals surface area contributed by atoms with E-state index in [-0.39, 0.29) is 12.5 Å². The first-order chi connectivity index (χ1) is 7.70. The third-order valence-corrected chi connectivity index (χ3v) is 2.44. The molecule has 0 atom stereocenters. The molecule has 0 saturated carbocycles. The molecule has 6 heteroatoms. The number of anilines is 1. The Kier molecular flexibility index (Phi) is 3.02. The number of aromatic nitrogens is 1. The number of carbonyl (C=O) groups excluding carboxylic acids is 1. The van der Waals surface area contributed by atoms with E-state index in [4.69, 9.17) is 10.6 Å². The van der Waals surface area contributed by atoms with E-state index in [0.717, 1.165) is 0 Å². The van der Waals surface area contributed by atoms with Crippen LogP contribution in [0.2, 0.25) is 0 Å². The van der Waals surface area contributed by atoms with E-state index in [1.54, 1.807) is 24.1 Å². The van der Waals surface area contributed by atoms with Crippen LogP contribution in [0.25, 0.3) is 0 Å². The summed E-state index contributed by atoms with van der Waals surface area (Å²) in [6, 6.07) is 5.34. The van der Waals surface area contributed by atoms with Crippen molar-refractivity contribution >= 4 is 11.7 Å². The van der Waals surface area contributed by atoms with Crippen molar-refractivity contribution in [1.29, 1.82) is 0 Å². The van der Waals surface area contributed by atoms with Gasteiger partial charge in [-0.15, -0.1) is 0 Å². The highest BCUT2D eigenvalue weighted by atomic mass is 16.5. The Morgan fingerprint density at radius 3 is 2.94 bits per heavy atom. The average molecular weight is 222 g/mol. The van der Waals surface area contributed by atoms with Gasteiger partial charge in [0, 0.05) is 19.2 Å². The van der Waals surface area contributed by atoms with Gasteiger partial charge < -0.3 is 4.74 Å². The van der Waals surface area contributed by atoms with Crippen LogP contribution in [-0.2, 0) is 4.79 Å². The predicted octanol–water partition coefficient (Wildman–Crippen LogP) is -0.387. The monoisotopic (exact) mass is 222 g/mol. The second kappa shape index (κ2) is 4.46. The molecular formula is C10H14N4O2. The van der Waals surface area contributed by atoms with Crippen LogP contribution < -0.4 is 15.5 Å². The molecule has 0 aromatic carbocycles. The van der Waals surface area contributed by atoms with E-state index >= 15 is 0 Å². The van der Waals surface area contributed by atoms with Crippen LogP contribution in [0.5, 0.6) is 5.88 Å². The van der Waals surface area contributed by atoms with Gasteiger partial charge in [-0.2, -0.15) is 4.98 Å². The Balaban J connectivity index is 2.20. The van der Waals surface area contributed by atoms with Crippen LogP contribution in [0.1, 0.15) is 0 Å². The minimum Gasteiger partial charge on any atom is -0.481 e. The Morgan fingerprint density at radius 1 is 1.44 bits per heavy atom. The first-order valence-electron chi connectivity index (χ1n) is 5.02. The molecule has 1 fully saturated rings. The van der Waals surface area contributed by atoms with E-state index in [0.29, 0.717) is 24.8 Å². The number of amides is 1. The number of nitrogens with two attached hydrogens (primary N) is 1. The molecule has 1 aliphatic heterocycles. The molecule has 2 N–H and O–H groups in total. The van der Waals surface area contributed by atoms with Gasteiger partial charge in [0.2, 0.25) is 11.8 Å². The lowest BCUT2D eigenvalue weighted by Gasteiger charge is -2.30. The number of methoxy groups -OCH3 is 1. The van der Waals surface area contributed by atoms with Gasteiger partial charge in [-0.25, -0.2) is 5.01 Å². The van der Waals surface area contributed by atoms with Crippen molar-refractivity contribution in [3.63, 3.8) is 0 Å². The van der Waals surface area contributed by atoms with Crippen LogP contribution in [0, 0.1) is 0 Å². The molecule has 0 unspecified atom stereocenters. The van der Waals surface area contributed by atoms with Crippen molar-refractivity contribution in [3.05, 3.63) is 18.2 Å². The summed E-state index contributed by atoms with van der Waals surface area (Å²) in [7, 11) is 1.55. The van der Waals surface area contributed by atoms with Gasteiger partial charge in [0.05, 0.1) is 13.7 Å². The minimum absolute atomic E-state index is 0.0468. The predicted molar refractivity (Wildman–Crippen MR) is 58.9 cm³/mol. The van der Waals surface area contributed by atoms with Crippen LogP contribution in [0.15, 0.2) is 18.2 Å². The maximum Gasteiger partial charge on any atom is 0.243 e. The number of hydrogen-bond donors (Lipinski definition) is 1. The fourth-order valence-electron chi connectivity index (χ4n) is 1.60. The third-order valence-electron chi connectivity index (χ3n) is 2.44. The highest BCUT2D eigenvalue weighted by Crippen LogP contribution is 2.17. The highest BCUT2D eigenvalue weighted by Gasteiger charge is 2.24. The summed E-state index contributed by atoms with van der Waals surface area (Å²) >= 11 is 0. The third kappa shape index (κ3) is 2.12. The molecule has 0 spiro atoms. The second-order valence-corrected chi connectivity index (χ2v) is 3.55. The number of hydrogen-bond acceptors (Lipinski definition) is 5. The molecular weight excluding hydrogens is 208 g/mol. The molecule has 1 amide bonds. The molecule has 1 saturated heterocycles. The molecule has 0 radical (unpaired) electrons. The lowest BCUT2D eigenvalue weighted by atomic mass is 10.3. The van der Waals surface area contributed by atoms with E-state index in [9.17, 15) is 4.79 Å². The van der Waals surface area contributed by atoms with E-state index in [2.05, 4.69) is 4.98 Å². The summed E-state index contributed by atoms with van der Waals surface area (Å²) in [4.78, 5) is 17.6. The lowest BCUT2D eigenvalue weighted by Crippen LogP contribution is -2.53. The summed E-state index contributed by atoms with van der Waals surface area (Å²) in [5, 5.41) is 1.50. The summed E-state index contributed by atoms with van der Waals surface area (Å²) in [6.07, 6.45) is 0.